The third-order valence-corrected chi connectivity index (χ3v) is 2.67. The first-order valence-electron chi connectivity index (χ1n) is 5.88. The van der Waals surface area contributed by atoms with Gasteiger partial charge in [0.05, 0.1) is 0 Å². The van der Waals surface area contributed by atoms with Crippen molar-refractivity contribution in [3.63, 3.8) is 0 Å². The molecule has 2 aromatic carbocycles. The number of hydrogen-bond acceptors (Lipinski definition) is 0. The smallest absolute Gasteiger partial charge is 0.0323 e. The van der Waals surface area contributed by atoms with Crippen LogP contribution < -0.4 is 0 Å². The molecule has 0 aliphatic heterocycles. The summed E-state index contributed by atoms with van der Waals surface area (Å²) in [6.45, 7) is 2.19. The Balaban J connectivity index is 2.32. The number of benzene rings is 2. The van der Waals surface area contributed by atoms with Crippen LogP contribution in [0.25, 0.3) is 10.8 Å². The van der Waals surface area contributed by atoms with Crippen LogP contribution in [-0.2, 0) is 0 Å². The van der Waals surface area contributed by atoms with Crippen molar-refractivity contribution in [1.82, 2.24) is 0 Å². The highest BCUT2D eigenvalue weighted by atomic mass is 14.0. The molecule has 2 aromatic rings. The van der Waals surface area contributed by atoms with Crippen molar-refractivity contribution in [1.29, 1.82) is 0 Å². The van der Waals surface area contributed by atoms with Crippen molar-refractivity contribution >= 4 is 10.8 Å². The fraction of sp³-hybridized carbons (Fsp3) is 0.250. The molecular weight excluding hydrogens is 192 g/mol. The van der Waals surface area contributed by atoms with Gasteiger partial charge in [-0.15, -0.1) is 0 Å². The van der Waals surface area contributed by atoms with E-state index in [0.29, 0.717) is 0 Å². The molecule has 0 radical (unpaired) electrons. The normalized spacial score (nSPS) is 9.81. The Bertz CT molecular complexity index is 521. The van der Waals surface area contributed by atoms with Gasteiger partial charge in [-0.3, -0.25) is 0 Å². The minimum absolute atomic E-state index is 1.000. The van der Waals surface area contributed by atoms with Gasteiger partial charge >= 0.3 is 0 Å². The second-order valence-electron chi connectivity index (χ2n) is 3.93. The highest BCUT2D eigenvalue weighted by Gasteiger charge is 1.95. The molecule has 0 aliphatic carbocycles. The zero-order valence-corrected chi connectivity index (χ0v) is 9.66. The molecule has 80 valence electrons. The SMILES string of the molecule is CCCCC#Cc1cccc2ccccc12. The van der Waals surface area contributed by atoms with E-state index >= 15 is 0 Å². The molecule has 0 saturated heterocycles. The second-order valence-corrected chi connectivity index (χ2v) is 3.93. The third-order valence-electron chi connectivity index (χ3n) is 2.67. The van der Waals surface area contributed by atoms with Crippen LogP contribution in [0.4, 0.5) is 0 Å². The van der Waals surface area contributed by atoms with E-state index in [0.717, 1.165) is 12.0 Å². The summed E-state index contributed by atoms with van der Waals surface area (Å²) in [6, 6.07) is 14.7. The molecule has 0 heterocycles. The first-order valence-corrected chi connectivity index (χ1v) is 5.88. The maximum absolute atomic E-state index is 3.27. The predicted molar refractivity (Wildman–Crippen MR) is 70.4 cm³/mol. The molecule has 0 bridgehead atoms. The Labute approximate surface area is 97.3 Å². The number of unbranched alkanes of at least 4 members (excludes halogenated alkanes) is 2. The van der Waals surface area contributed by atoms with Gasteiger partial charge < -0.3 is 0 Å². The summed E-state index contributed by atoms with van der Waals surface area (Å²) in [5.74, 6) is 6.52. The van der Waals surface area contributed by atoms with Crippen LogP contribution in [0.1, 0.15) is 31.7 Å². The van der Waals surface area contributed by atoms with Crippen LogP contribution in [0.3, 0.4) is 0 Å². The molecule has 16 heavy (non-hydrogen) atoms. The van der Waals surface area contributed by atoms with Crippen LogP contribution in [0.2, 0.25) is 0 Å². The molecule has 0 atom stereocenters. The highest BCUT2D eigenvalue weighted by molar-refractivity contribution is 5.88. The quantitative estimate of drug-likeness (QED) is 0.507. The summed E-state index contributed by atoms with van der Waals surface area (Å²) in [5, 5.41) is 2.53. The van der Waals surface area contributed by atoms with E-state index in [1.165, 1.54) is 23.6 Å². The lowest BCUT2D eigenvalue weighted by Crippen LogP contribution is -1.78. The van der Waals surface area contributed by atoms with Crippen molar-refractivity contribution in [2.24, 2.45) is 0 Å². The zero-order chi connectivity index (χ0) is 11.2. The monoisotopic (exact) mass is 208 g/mol. The van der Waals surface area contributed by atoms with E-state index in [9.17, 15) is 0 Å². The Morgan fingerprint density at radius 3 is 2.69 bits per heavy atom. The summed E-state index contributed by atoms with van der Waals surface area (Å²) in [6.07, 6.45) is 3.40. The molecule has 0 heteroatoms. The van der Waals surface area contributed by atoms with Gasteiger partial charge in [0.15, 0.2) is 0 Å². The fourth-order valence-corrected chi connectivity index (χ4v) is 1.76. The van der Waals surface area contributed by atoms with Crippen LogP contribution in [0.15, 0.2) is 42.5 Å². The molecule has 2 rings (SSSR count). The number of hydrogen-bond donors (Lipinski definition) is 0. The lowest BCUT2D eigenvalue weighted by atomic mass is 10.0. The van der Waals surface area contributed by atoms with Crippen molar-refractivity contribution in [2.45, 2.75) is 26.2 Å². The van der Waals surface area contributed by atoms with Gasteiger partial charge in [0.2, 0.25) is 0 Å². The summed E-state index contributed by atoms with van der Waals surface area (Å²) in [5.41, 5.74) is 1.15. The maximum atomic E-state index is 3.27. The minimum Gasteiger partial charge on any atom is -0.0979 e. The van der Waals surface area contributed by atoms with Gasteiger partial charge in [-0.1, -0.05) is 61.6 Å². The van der Waals surface area contributed by atoms with Crippen LogP contribution >= 0.6 is 0 Å². The van der Waals surface area contributed by atoms with E-state index in [-0.39, 0.29) is 0 Å². The zero-order valence-electron chi connectivity index (χ0n) is 9.66. The van der Waals surface area contributed by atoms with E-state index in [1.807, 2.05) is 0 Å². The lowest BCUT2D eigenvalue weighted by Gasteiger charge is -1.99. The van der Waals surface area contributed by atoms with Crippen LogP contribution in [0.5, 0.6) is 0 Å². The Morgan fingerprint density at radius 1 is 1.00 bits per heavy atom. The van der Waals surface area contributed by atoms with E-state index in [2.05, 4.69) is 61.2 Å². The summed E-state index contributed by atoms with van der Waals surface area (Å²) < 4.78 is 0. The molecule has 0 nitrogen and oxygen atoms in total. The van der Waals surface area contributed by atoms with Gasteiger partial charge in [-0.25, -0.2) is 0 Å². The van der Waals surface area contributed by atoms with Crippen molar-refractivity contribution in [3.8, 4) is 11.8 Å². The largest absolute Gasteiger partial charge is 0.0979 e. The molecule has 0 spiro atoms. The topological polar surface area (TPSA) is 0 Å². The first kappa shape index (κ1) is 10.8. The lowest BCUT2D eigenvalue weighted by molar-refractivity contribution is 0.828. The van der Waals surface area contributed by atoms with E-state index in [1.54, 1.807) is 0 Å². The van der Waals surface area contributed by atoms with Crippen molar-refractivity contribution in [3.05, 3.63) is 48.0 Å². The van der Waals surface area contributed by atoms with Gasteiger partial charge in [-0.05, 0) is 23.3 Å². The Hall–Kier alpha value is -1.74. The summed E-state index contributed by atoms with van der Waals surface area (Å²) >= 11 is 0. The molecule has 0 unspecified atom stereocenters. The van der Waals surface area contributed by atoms with Crippen molar-refractivity contribution in [2.75, 3.05) is 0 Å². The number of rotatable bonds is 2. The van der Waals surface area contributed by atoms with Gasteiger partial charge in [0.1, 0.15) is 0 Å². The third kappa shape index (κ3) is 2.44. The molecule has 0 amide bonds. The highest BCUT2D eigenvalue weighted by Crippen LogP contribution is 2.17. The number of fused-ring (bicyclic) bond motifs is 1. The van der Waals surface area contributed by atoms with Crippen LogP contribution in [-0.4, -0.2) is 0 Å². The summed E-state index contributed by atoms with van der Waals surface area (Å²) in [4.78, 5) is 0. The first-order chi connectivity index (χ1) is 7.92. The molecule has 0 aromatic heterocycles. The van der Waals surface area contributed by atoms with Crippen LogP contribution in [0, 0.1) is 11.8 Å². The molecular formula is C16H16. The van der Waals surface area contributed by atoms with E-state index in [4.69, 9.17) is 0 Å². The van der Waals surface area contributed by atoms with Crippen molar-refractivity contribution < 1.29 is 0 Å². The van der Waals surface area contributed by atoms with Gasteiger partial charge in [0, 0.05) is 12.0 Å². The molecule has 0 fully saturated rings. The fourth-order valence-electron chi connectivity index (χ4n) is 1.76. The Kier molecular flexibility index (Phi) is 3.62. The predicted octanol–water partition coefficient (Wildman–Crippen LogP) is 4.38. The van der Waals surface area contributed by atoms with Gasteiger partial charge in [0.25, 0.3) is 0 Å². The second kappa shape index (κ2) is 5.37. The minimum atomic E-state index is 1.000. The maximum Gasteiger partial charge on any atom is 0.0323 e. The molecule has 0 N–H and O–H groups in total. The standard InChI is InChI=1S/C16H16/c1-2-3-4-5-9-14-11-8-12-15-10-6-7-13-16(14)15/h6-8,10-13H,2-4H2,1H3. The molecule has 0 saturated carbocycles. The van der Waals surface area contributed by atoms with Gasteiger partial charge in [-0.2, -0.15) is 0 Å². The van der Waals surface area contributed by atoms with E-state index < -0.39 is 0 Å². The molecule has 0 aliphatic rings. The summed E-state index contributed by atoms with van der Waals surface area (Å²) in [7, 11) is 0. The average Bonchev–Trinajstić information content (AvgIpc) is 2.35. The average molecular weight is 208 g/mol. The Morgan fingerprint density at radius 2 is 1.81 bits per heavy atom.